The van der Waals surface area contributed by atoms with Crippen molar-refractivity contribution < 1.29 is 14.3 Å². The van der Waals surface area contributed by atoms with Crippen LogP contribution in [0, 0.1) is 0 Å². The van der Waals surface area contributed by atoms with E-state index in [4.69, 9.17) is 9.47 Å². The number of hydrogen-bond donors (Lipinski definition) is 0. The maximum atomic E-state index is 11.5. The lowest BCUT2D eigenvalue weighted by Gasteiger charge is -2.15. The zero-order valence-electron chi connectivity index (χ0n) is 9.12. The summed E-state index contributed by atoms with van der Waals surface area (Å²) in [5.41, 5.74) is 0. The molecular weight excluding hydrogens is 180 g/mol. The molecule has 0 aromatic heterocycles. The van der Waals surface area contributed by atoms with E-state index in [1.54, 1.807) is 0 Å². The first-order valence-corrected chi connectivity index (χ1v) is 5.13. The van der Waals surface area contributed by atoms with Gasteiger partial charge in [-0.3, -0.25) is 4.79 Å². The highest BCUT2D eigenvalue weighted by molar-refractivity contribution is 5.81. The molecule has 0 N–H and O–H groups in total. The second-order valence-corrected chi connectivity index (χ2v) is 2.89. The standard InChI is InChI=1S/C11H20O3/c1-4-7-8-9-10(12)11(13-5-2)14-6-3/h4,11H,1,5-9H2,2-3H3. The number of rotatable bonds is 9. The molecule has 0 aliphatic rings. The quantitative estimate of drug-likeness (QED) is 0.325. The normalized spacial score (nSPS) is 10.5. The second kappa shape index (κ2) is 8.91. The van der Waals surface area contributed by atoms with E-state index in [1.165, 1.54) is 0 Å². The fourth-order valence-corrected chi connectivity index (χ4v) is 1.08. The molecule has 0 unspecified atom stereocenters. The van der Waals surface area contributed by atoms with E-state index in [-0.39, 0.29) is 5.78 Å². The van der Waals surface area contributed by atoms with Crippen molar-refractivity contribution in [3.63, 3.8) is 0 Å². The van der Waals surface area contributed by atoms with Crippen LogP contribution in [0.3, 0.4) is 0 Å². The predicted molar refractivity (Wildman–Crippen MR) is 56.1 cm³/mol. The Balaban J connectivity index is 3.81. The molecule has 82 valence electrons. The van der Waals surface area contributed by atoms with E-state index in [0.29, 0.717) is 19.6 Å². The molecule has 0 spiro atoms. The average Bonchev–Trinajstić information content (AvgIpc) is 2.18. The third-order valence-electron chi connectivity index (χ3n) is 1.73. The SMILES string of the molecule is C=CCCCC(=O)C(OCC)OCC. The van der Waals surface area contributed by atoms with E-state index in [1.807, 2.05) is 19.9 Å². The van der Waals surface area contributed by atoms with Gasteiger partial charge in [0.1, 0.15) is 0 Å². The minimum absolute atomic E-state index is 0.0237. The monoisotopic (exact) mass is 200 g/mol. The molecule has 0 aromatic carbocycles. The number of Topliss-reactive ketones (excluding diaryl/α,β-unsaturated/α-hetero) is 1. The van der Waals surface area contributed by atoms with Gasteiger partial charge in [-0.25, -0.2) is 0 Å². The topological polar surface area (TPSA) is 35.5 Å². The summed E-state index contributed by atoms with van der Waals surface area (Å²) in [4.78, 5) is 11.5. The second-order valence-electron chi connectivity index (χ2n) is 2.89. The van der Waals surface area contributed by atoms with Gasteiger partial charge in [0.2, 0.25) is 6.29 Å². The van der Waals surface area contributed by atoms with Crippen LogP contribution >= 0.6 is 0 Å². The summed E-state index contributed by atoms with van der Waals surface area (Å²) >= 11 is 0. The maximum absolute atomic E-state index is 11.5. The molecule has 0 aliphatic carbocycles. The van der Waals surface area contributed by atoms with Crippen molar-refractivity contribution in [2.24, 2.45) is 0 Å². The van der Waals surface area contributed by atoms with Gasteiger partial charge in [-0.15, -0.1) is 6.58 Å². The van der Waals surface area contributed by atoms with Crippen molar-refractivity contribution in [1.29, 1.82) is 0 Å². The molecule has 0 heterocycles. The Labute approximate surface area is 86.1 Å². The van der Waals surface area contributed by atoms with Gasteiger partial charge < -0.3 is 9.47 Å². The van der Waals surface area contributed by atoms with E-state index in [9.17, 15) is 4.79 Å². The lowest BCUT2D eigenvalue weighted by Crippen LogP contribution is -2.27. The van der Waals surface area contributed by atoms with Gasteiger partial charge in [0.05, 0.1) is 0 Å². The van der Waals surface area contributed by atoms with Crippen molar-refractivity contribution in [2.45, 2.75) is 39.4 Å². The fourth-order valence-electron chi connectivity index (χ4n) is 1.08. The molecule has 3 nitrogen and oxygen atoms in total. The van der Waals surface area contributed by atoms with Crippen molar-refractivity contribution in [3.8, 4) is 0 Å². The Morgan fingerprint density at radius 3 is 2.36 bits per heavy atom. The van der Waals surface area contributed by atoms with Crippen LogP contribution in [0.15, 0.2) is 12.7 Å². The van der Waals surface area contributed by atoms with Crippen molar-refractivity contribution in [3.05, 3.63) is 12.7 Å². The highest BCUT2D eigenvalue weighted by Gasteiger charge is 2.17. The van der Waals surface area contributed by atoms with Gasteiger partial charge in [0.25, 0.3) is 0 Å². The molecular formula is C11H20O3. The minimum atomic E-state index is -0.671. The molecule has 0 bridgehead atoms. The Bertz CT molecular complexity index is 160. The first-order valence-electron chi connectivity index (χ1n) is 5.13. The van der Waals surface area contributed by atoms with Gasteiger partial charge >= 0.3 is 0 Å². The van der Waals surface area contributed by atoms with Crippen LogP contribution in [-0.2, 0) is 14.3 Å². The van der Waals surface area contributed by atoms with Crippen molar-refractivity contribution in [2.75, 3.05) is 13.2 Å². The third kappa shape index (κ3) is 5.89. The van der Waals surface area contributed by atoms with Gasteiger partial charge in [-0.05, 0) is 26.7 Å². The van der Waals surface area contributed by atoms with Gasteiger partial charge in [-0.2, -0.15) is 0 Å². The Hall–Kier alpha value is -0.670. The summed E-state index contributed by atoms with van der Waals surface area (Å²) in [5, 5.41) is 0. The van der Waals surface area contributed by atoms with Crippen LogP contribution in [0.25, 0.3) is 0 Å². The predicted octanol–water partition coefficient (Wildman–Crippen LogP) is 2.31. The van der Waals surface area contributed by atoms with Gasteiger partial charge in [-0.1, -0.05) is 6.08 Å². The zero-order valence-corrected chi connectivity index (χ0v) is 9.12. The lowest BCUT2D eigenvalue weighted by atomic mass is 10.1. The van der Waals surface area contributed by atoms with Crippen LogP contribution in [0.1, 0.15) is 33.1 Å². The Kier molecular flexibility index (Phi) is 8.48. The van der Waals surface area contributed by atoms with E-state index in [0.717, 1.165) is 12.8 Å². The van der Waals surface area contributed by atoms with E-state index >= 15 is 0 Å². The van der Waals surface area contributed by atoms with Crippen LogP contribution < -0.4 is 0 Å². The molecule has 0 fully saturated rings. The highest BCUT2D eigenvalue weighted by Crippen LogP contribution is 2.05. The van der Waals surface area contributed by atoms with Gasteiger partial charge in [0.15, 0.2) is 5.78 Å². The third-order valence-corrected chi connectivity index (χ3v) is 1.73. The minimum Gasteiger partial charge on any atom is -0.346 e. The zero-order chi connectivity index (χ0) is 10.8. The average molecular weight is 200 g/mol. The molecule has 3 heteroatoms. The van der Waals surface area contributed by atoms with Crippen LogP contribution in [-0.4, -0.2) is 25.3 Å². The van der Waals surface area contributed by atoms with E-state index < -0.39 is 6.29 Å². The number of ether oxygens (including phenoxy) is 2. The first-order chi connectivity index (χ1) is 6.76. The van der Waals surface area contributed by atoms with Crippen LogP contribution in [0.4, 0.5) is 0 Å². The molecule has 0 amide bonds. The number of carbonyl (C=O) groups is 1. The summed E-state index contributed by atoms with van der Waals surface area (Å²) in [6.07, 6.45) is 3.31. The number of unbranched alkanes of at least 4 members (excludes halogenated alkanes) is 1. The molecule has 0 rings (SSSR count). The first kappa shape index (κ1) is 13.3. The highest BCUT2D eigenvalue weighted by atomic mass is 16.7. The molecule has 0 radical (unpaired) electrons. The Morgan fingerprint density at radius 2 is 1.93 bits per heavy atom. The largest absolute Gasteiger partial charge is 0.346 e. The van der Waals surface area contributed by atoms with E-state index in [2.05, 4.69) is 6.58 Å². The number of ketones is 1. The summed E-state index contributed by atoms with van der Waals surface area (Å²) in [6, 6.07) is 0. The number of carbonyl (C=O) groups excluding carboxylic acids is 1. The summed E-state index contributed by atoms with van der Waals surface area (Å²) in [6.45, 7) is 8.30. The number of allylic oxidation sites excluding steroid dienone is 1. The summed E-state index contributed by atoms with van der Waals surface area (Å²) < 4.78 is 10.4. The molecule has 0 aliphatic heterocycles. The molecule has 14 heavy (non-hydrogen) atoms. The molecule has 0 saturated heterocycles. The van der Waals surface area contributed by atoms with Crippen molar-refractivity contribution >= 4 is 5.78 Å². The smallest absolute Gasteiger partial charge is 0.217 e. The van der Waals surface area contributed by atoms with Crippen LogP contribution in [0.5, 0.6) is 0 Å². The summed E-state index contributed by atoms with van der Waals surface area (Å²) in [7, 11) is 0. The lowest BCUT2D eigenvalue weighted by molar-refractivity contribution is -0.167. The summed E-state index contributed by atoms with van der Waals surface area (Å²) in [5.74, 6) is 0.0237. The molecule has 0 atom stereocenters. The molecule has 0 saturated carbocycles. The maximum Gasteiger partial charge on any atom is 0.217 e. The van der Waals surface area contributed by atoms with Crippen LogP contribution in [0.2, 0.25) is 0 Å². The fraction of sp³-hybridized carbons (Fsp3) is 0.727. The Morgan fingerprint density at radius 1 is 1.36 bits per heavy atom. The van der Waals surface area contributed by atoms with Gasteiger partial charge in [0, 0.05) is 19.6 Å². The van der Waals surface area contributed by atoms with Crippen molar-refractivity contribution in [1.82, 2.24) is 0 Å². The number of hydrogen-bond acceptors (Lipinski definition) is 3. The molecule has 0 aromatic rings.